The second kappa shape index (κ2) is 8.06. The van der Waals surface area contributed by atoms with Crippen molar-refractivity contribution in [2.75, 3.05) is 7.11 Å². The van der Waals surface area contributed by atoms with E-state index in [2.05, 4.69) is 36.5 Å². The highest BCUT2D eigenvalue weighted by Crippen LogP contribution is 2.29. The number of nitrogens with one attached hydrogen (secondary N) is 1. The number of benzene rings is 2. The van der Waals surface area contributed by atoms with Crippen molar-refractivity contribution in [1.82, 2.24) is 5.32 Å². The summed E-state index contributed by atoms with van der Waals surface area (Å²) < 4.78 is 5.42. The fourth-order valence-electron chi connectivity index (χ4n) is 2.17. The highest BCUT2D eigenvalue weighted by molar-refractivity contribution is 7.98. The molecule has 3 nitrogen and oxygen atoms in total. The van der Waals surface area contributed by atoms with Crippen LogP contribution in [0.2, 0.25) is 0 Å². The van der Waals surface area contributed by atoms with Crippen molar-refractivity contribution >= 4 is 17.7 Å². The van der Waals surface area contributed by atoms with Crippen LogP contribution in [0.1, 0.15) is 35.3 Å². The van der Waals surface area contributed by atoms with Crippen molar-refractivity contribution in [3.63, 3.8) is 0 Å². The molecule has 1 N–H and O–H groups in total. The van der Waals surface area contributed by atoms with Gasteiger partial charge in [0.05, 0.1) is 7.11 Å². The molecule has 0 heterocycles. The maximum Gasteiger partial charge on any atom is 0.251 e. The third-order valence-electron chi connectivity index (χ3n) is 3.38. The Bertz CT molecular complexity index is 666. The topological polar surface area (TPSA) is 38.3 Å². The minimum absolute atomic E-state index is 0.0516. The third kappa shape index (κ3) is 5.03. The second-order valence-electron chi connectivity index (χ2n) is 5.76. The van der Waals surface area contributed by atoms with Gasteiger partial charge in [-0.2, -0.15) is 0 Å². The minimum atomic E-state index is -0.0516. The van der Waals surface area contributed by atoms with E-state index in [1.54, 1.807) is 24.9 Å². The van der Waals surface area contributed by atoms with E-state index >= 15 is 0 Å². The molecule has 0 aromatic heterocycles. The summed E-state index contributed by atoms with van der Waals surface area (Å²) in [6.07, 6.45) is 0. The summed E-state index contributed by atoms with van der Waals surface area (Å²) in [5.74, 6) is 1.52. The molecule has 0 fully saturated rings. The summed E-state index contributed by atoms with van der Waals surface area (Å²) in [5.41, 5.74) is 2.94. The van der Waals surface area contributed by atoms with Gasteiger partial charge in [-0.25, -0.2) is 0 Å². The summed E-state index contributed by atoms with van der Waals surface area (Å²) in [6, 6.07) is 14.1. The van der Waals surface area contributed by atoms with Crippen LogP contribution in [0.3, 0.4) is 0 Å². The van der Waals surface area contributed by atoms with Crippen LogP contribution < -0.4 is 10.1 Å². The lowest BCUT2D eigenvalue weighted by molar-refractivity contribution is 0.0943. The summed E-state index contributed by atoms with van der Waals surface area (Å²) >= 11 is 1.73. The number of hydrogen-bond acceptors (Lipinski definition) is 3. The zero-order valence-corrected chi connectivity index (χ0v) is 14.9. The van der Waals surface area contributed by atoms with Crippen molar-refractivity contribution in [2.45, 2.75) is 37.5 Å². The van der Waals surface area contributed by atoms with Crippen molar-refractivity contribution in [2.24, 2.45) is 0 Å². The summed E-state index contributed by atoms with van der Waals surface area (Å²) in [5, 5.41) is 2.92. The zero-order chi connectivity index (χ0) is 16.8. The number of ether oxygens (including phenoxy) is 1. The van der Waals surface area contributed by atoms with Gasteiger partial charge in [-0.05, 0) is 51.1 Å². The molecule has 0 aliphatic heterocycles. The SMILES string of the molecule is COc1ccc(C(=O)NC(C)C)cc1CSc1ccc(C)cc1. The quantitative estimate of drug-likeness (QED) is 0.797. The van der Waals surface area contributed by atoms with Gasteiger partial charge in [0, 0.05) is 27.8 Å². The van der Waals surface area contributed by atoms with Gasteiger partial charge in [0.15, 0.2) is 0 Å². The molecule has 0 unspecified atom stereocenters. The number of aryl methyl sites for hydroxylation is 1. The highest BCUT2D eigenvalue weighted by Gasteiger charge is 2.11. The van der Waals surface area contributed by atoms with Crippen LogP contribution >= 0.6 is 11.8 Å². The molecular formula is C19H23NO2S. The molecular weight excluding hydrogens is 306 g/mol. The zero-order valence-electron chi connectivity index (χ0n) is 14.1. The van der Waals surface area contributed by atoms with Gasteiger partial charge in [-0.1, -0.05) is 17.7 Å². The molecule has 0 aliphatic rings. The average molecular weight is 329 g/mol. The Morgan fingerprint density at radius 3 is 2.48 bits per heavy atom. The van der Waals surface area contributed by atoms with Gasteiger partial charge >= 0.3 is 0 Å². The Labute approximate surface area is 142 Å². The van der Waals surface area contributed by atoms with E-state index in [1.165, 1.54) is 10.5 Å². The number of carbonyl (C=O) groups is 1. The molecule has 0 radical (unpaired) electrons. The van der Waals surface area contributed by atoms with Gasteiger partial charge in [0.1, 0.15) is 5.75 Å². The second-order valence-corrected chi connectivity index (χ2v) is 6.81. The molecule has 122 valence electrons. The van der Waals surface area contributed by atoms with Gasteiger partial charge in [0.25, 0.3) is 5.91 Å². The number of carbonyl (C=O) groups excluding carboxylic acids is 1. The van der Waals surface area contributed by atoms with Crippen LogP contribution in [-0.2, 0) is 5.75 Å². The number of rotatable bonds is 6. The van der Waals surface area contributed by atoms with Crippen molar-refractivity contribution < 1.29 is 9.53 Å². The molecule has 0 atom stereocenters. The maximum absolute atomic E-state index is 12.2. The molecule has 2 aromatic rings. The molecule has 1 amide bonds. The van der Waals surface area contributed by atoms with Gasteiger partial charge in [0.2, 0.25) is 0 Å². The lowest BCUT2D eigenvalue weighted by Gasteiger charge is -2.12. The minimum Gasteiger partial charge on any atom is -0.496 e. The van der Waals surface area contributed by atoms with Crippen molar-refractivity contribution in [3.05, 3.63) is 59.2 Å². The number of methoxy groups -OCH3 is 1. The molecule has 23 heavy (non-hydrogen) atoms. The first-order chi connectivity index (χ1) is 11.0. The first-order valence-electron chi connectivity index (χ1n) is 7.67. The van der Waals surface area contributed by atoms with Crippen LogP contribution in [-0.4, -0.2) is 19.1 Å². The van der Waals surface area contributed by atoms with Gasteiger partial charge in [-0.15, -0.1) is 11.8 Å². The van der Waals surface area contributed by atoms with E-state index in [4.69, 9.17) is 4.74 Å². The van der Waals surface area contributed by atoms with Crippen LogP contribution in [0, 0.1) is 6.92 Å². The molecule has 0 bridgehead atoms. The Kier molecular flexibility index (Phi) is 6.11. The molecule has 0 aliphatic carbocycles. The molecule has 0 spiro atoms. The van der Waals surface area contributed by atoms with E-state index in [0.29, 0.717) is 5.56 Å². The predicted octanol–water partition coefficient (Wildman–Crippen LogP) is 4.43. The van der Waals surface area contributed by atoms with Gasteiger partial charge < -0.3 is 10.1 Å². The smallest absolute Gasteiger partial charge is 0.251 e. The van der Waals surface area contributed by atoms with E-state index < -0.39 is 0 Å². The van der Waals surface area contributed by atoms with Crippen LogP contribution in [0.25, 0.3) is 0 Å². The van der Waals surface area contributed by atoms with Crippen LogP contribution in [0.4, 0.5) is 0 Å². The Morgan fingerprint density at radius 2 is 1.87 bits per heavy atom. The highest BCUT2D eigenvalue weighted by atomic mass is 32.2. The Balaban J connectivity index is 2.15. The number of amides is 1. The summed E-state index contributed by atoms with van der Waals surface area (Å²) in [6.45, 7) is 5.99. The fourth-order valence-corrected chi connectivity index (χ4v) is 3.05. The lowest BCUT2D eigenvalue weighted by atomic mass is 10.1. The fraction of sp³-hybridized carbons (Fsp3) is 0.316. The largest absolute Gasteiger partial charge is 0.496 e. The van der Waals surface area contributed by atoms with Crippen LogP contribution in [0.15, 0.2) is 47.4 Å². The Morgan fingerprint density at radius 1 is 1.17 bits per heavy atom. The van der Waals surface area contributed by atoms with Crippen molar-refractivity contribution in [3.8, 4) is 5.75 Å². The number of hydrogen-bond donors (Lipinski definition) is 1. The third-order valence-corrected chi connectivity index (χ3v) is 4.44. The first-order valence-corrected chi connectivity index (χ1v) is 8.65. The maximum atomic E-state index is 12.2. The summed E-state index contributed by atoms with van der Waals surface area (Å²) in [4.78, 5) is 13.4. The van der Waals surface area contributed by atoms with E-state index in [0.717, 1.165) is 17.1 Å². The molecule has 0 saturated heterocycles. The van der Waals surface area contributed by atoms with E-state index in [9.17, 15) is 4.79 Å². The number of thioether (sulfide) groups is 1. The predicted molar refractivity (Wildman–Crippen MR) is 96.3 cm³/mol. The summed E-state index contributed by atoms with van der Waals surface area (Å²) in [7, 11) is 1.66. The lowest BCUT2D eigenvalue weighted by Crippen LogP contribution is -2.30. The van der Waals surface area contributed by atoms with Crippen LogP contribution in [0.5, 0.6) is 5.75 Å². The average Bonchev–Trinajstić information content (AvgIpc) is 2.53. The van der Waals surface area contributed by atoms with Gasteiger partial charge in [-0.3, -0.25) is 4.79 Å². The molecule has 2 rings (SSSR count). The first kappa shape index (κ1) is 17.4. The van der Waals surface area contributed by atoms with Crippen molar-refractivity contribution in [1.29, 1.82) is 0 Å². The molecule has 2 aromatic carbocycles. The molecule has 4 heteroatoms. The van der Waals surface area contributed by atoms with E-state index in [-0.39, 0.29) is 11.9 Å². The monoisotopic (exact) mass is 329 g/mol. The molecule has 0 saturated carbocycles. The standard InChI is InChI=1S/C19H23NO2S/c1-13(2)20-19(21)15-7-10-18(22-4)16(11-15)12-23-17-8-5-14(3)6-9-17/h5-11,13H,12H2,1-4H3,(H,20,21). The normalized spacial score (nSPS) is 10.7. The Hall–Kier alpha value is -1.94. The van der Waals surface area contributed by atoms with E-state index in [1.807, 2.05) is 26.0 Å².